The Bertz CT molecular complexity index is 1260. The minimum atomic E-state index is -0.414. The molecule has 0 spiro atoms. The van der Waals surface area contributed by atoms with Gasteiger partial charge in [-0.2, -0.15) is 10.5 Å². The molecule has 2 aromatic heterocycles. The van der Waals surface area contributed by atoms with Crippen LogP contribution in [0, 0.1) is 29.6 Å². The van der Waals surface area contributed by atoms with E-state index in [4.69, 9.17) is 5.73 Å². The third kappa shape index (κ3) is 3.11. The Morgan fingerprint density at radius 3 is 2.62 bits per heavy atom. The Hall–Kier alpha value is -2.87. The van der Waals surface area contributed by atoms with Crippen molar-refractivity contribution < 1.29 is 4.79 Å². The predicted octanol–water partition coefficient (Wildman–Crippen LogP) is 5.56. The van der Waals surface area contributed by atoms with E-state index in [1.165, 1.54) is 11.3 Å². The standard InChI is InChI=1S/C25H24N4OS2/c1-14-10-11-31-23(14)21-17(13-27)24(28)29(18-7-5-8-19(30)22(18)21)25-16(12-26)15-6-3-2-4-9-20(15)32-25/h10-11,21H,2-9,28H2,1H3/t21-/m0/s1. The van der Waals surface area contributed by atoms with E-state index >= 15 is 0 Å². The molecule has 0 saturated heterocycles. The fourth-order valence-corrected chi connectivity index (χ4v) is 7.68. The molecule has 0 aromatic carbocycles. The van der Waals surface area contributed by atoms with Crippen LogP contribution in [0.3, 0.4) is 0 Å². The molecule has 2 aromatic rings. The van der Waals surface area contributed by atoms with Crippen LogP contribution < -0.4 is 10.6 Å². The molecule has 32 heavy (non-hydrogen) atoms. The van der Waals surface area contributed by atoms with Gasteiger partial charge in [-0.1, -0.05) is 6.42 Å². The smallest absolute Gasteiger partial charge is 0.161 e. The highest BCUT2D eigenvalue weighted by molar-refractivity contribution is 7.16. The van der Waals surface area contributed by atoms with Gasteiger partial charge in [-0.05, 0) is 68.0 Å². The highest BCUT2D eigenvalue weighted by atomic mass is 32.1. The molecule has 3 heterocycles. The molecule has 0 saturated carbocycles. The first-order valence-electron chi connectivity index (χ1n) is 11.1. The lowest BCUT2D eigenvalue weighted by Gasteiger charge is -2.39. The number of carbonyl (C=O) groups excluding carboxylic acids is 1. The van der Waals surface area contributed by atoms with E-state index in [-0.39, 0.29) is 5.78 Å². The Morgan fingerprint density at radius 2 is 1.91 bits per heavy atom. The van der Waals surface area contributed by atoms with E-state index in [2.05, 4.69) is 12.1 Å². The van der Waals surface area contributed by atoms with Crippen molar-refractivity contribution in [3.05, 3.63) is 60.6 Å². The zero-order valence-corrected chi connectivity index (χ0v) is 19.7. The van der Waals surface area contributed by atoms with Crippen molar-refractivity contribution >= 4 is 33.5 Å². The second kappa shape index (κ2) is 8.24. The second-order valence-corrected chi connectivity index (χ2v) is 10.7. The van der Waals surface area contributed by atoms with Gasteiger partial charge < -0.3 is 5.73 Å². The minimum Gasteiger partial charge on any atom is -0.384 e. The topological polar surface area (TPSA) is 93.9 Å². The third-order valence-corrected chi connectivity index (χ3v) is 9.16. The number of hydrogen-bond acceptors (Lipinski definition) is 7. The third-order valence-electron chi connectivity index (χ3n) is 6.79. The van der Waals surface area contributed by atoms with Gasteiger partial charge in [0.25, 0.3) is 0 Å². The van der Waals surface area contributed by atoms with Gasteiger partial charge in [0.05, 0.1) is 23.1 Å². The van der Waals surface area contributed by atoms with Gasteiger partial charge in [0.15, 0.2) is 5.78 Å². The van der Waals surface area contributed by atoms with Crippen molar-refractivity contribution in [3.8, 4) is 12.1 Å². The van der Waals surface area contributed by atoms with Gasteiger partial charge in [0.1, 0.15) is 16.9 Å². The van der Waals surface area contributed by atoms with E-state index in [0.29, 0.717) is 29.0 Å². The van der Waals surface area contributed by atoms with Crippen LogP contribution in [0.5, 0.6) is 0 Å². The normalized spacial score (nSPS) is 21.0. The summed E-state index contributed by atoms with van der Waals surface area (Å²) in [5.41, 5.74) is 11.6. The Morgan fingerprint density at radius 1 is 1.09 bits per heavy atom. The molecule has 0 fully saturated rings. The average Bonchev–Trinajstić information content (AvgIpc) is 3.27. The largest absolute Gasteiger partial charge is 0.384 e. The molecule has 1 atom stereocenters. The molecule has 5 nitrogen and oxygen atoms in total. The van der Waals surface area contributed by atoms with E-state index in [9.17, 15) is 15.3 Å². The molecule has 3 aliphatic rings. The Kier molecular flexibility index (Phi) is 5.41. The quantitative estimate of drug-likeness (QED) is 0.592. The molecule has 162 valence electrons. The first kappa shape index (κ1) is 21.0. The van der Waals surface area contributed by atoms with Crippen LogP contribution in [0.1, 0.15) is 70.9 Å². The van der Waals surface area contributed by atoms with E-state index in [0.717, 1.165) is 65.2 Å². The van der Waals surface area contributed by atoms with Crippen molar-refractivity contribution in [2.24, 2.45) is 5.73 Å². The maximum Gasteiger partial charge on any atom is 0.161 e. The maximum atomic E-state index is 13.3. The number of nitrogens with zero attached hydrogens (tertiary/aromatic N) is 3. The van der Waals surface area contributed by atoms with E-state index in [1.807, 2.05) is 23.3 Å². The van der Waals surface area contributed by atoms with Crippen LogP contribution in [-0.2, 0) is 17.6 Å². The van der Waals surface area contributed by atoms with Crippen LogP contribution in [0.2, 0.25) is 0 Å². The van der Waals surface area contributed by atoms with Crippen molar-refractivity contribution in [1.82, 2.24) is 0 Å². The highest BCUT2D eigenvalue weighted by Gasteiger charge is 2.42. The van der Waals surface area contributed by atoms with Gasteiger partial charge >= 0.3 is 0 Å². The summed E-state index contributed by atoms with van der Waals surface area (Å²) >= 11 is 3.19. The number of hydrogen-bond donors (Lipinski definition) is 1. The zero-order chi connectivity index (χ0) is 22.4. The number of anilines is 1. The van der Waals surface area contributed by atoms with Gasteiger partial charge in [-0.3, -0.25) is 9.69 Å². The van der Waals surface area contributed by atoms with Gasteiger partial charge in [0.2, 0.25) is 0 Å². The number of Topliss-reactive ketones (excluding diaryl/α,β-unsaturated/α-hetero) is 1. The number of aryl methyl sites for hydroxylation is 2. The lowest BCUT2D eigenvalue weighted by Crippen LogP contribution is -2.38. The maximum absolute atomic E-state index is 13.3. The van der Waals surface area contributed by atoms with Crippen molar-refractivity contribution in [1.29, 1.82) is 10.5 Å². The number of nitriles is 2. The zero-order valence-electron chi connectivity index (χ0n) is 18.0. The average molecular weight is 461 g/mol. The number of thiophene rings is 2. The van der Waals surface area contributed by atoms with Crippen molar-refractivity contribution in [3.63, 3.8) is 0 Å². The number of fused-ring (bicyclic) bond motifs is 1. The number of allylic oxidation sites excluding steroid dienone is 3. The monoisotopic (exact) mass is 460 g/mol. The molecule has 5 rings (SSSR count). The number of rotatable bonds is 2. The minimum absolute atomic E-state index is 0.0888. The number of nitrogens with two attached hydrogens (primary N) is 1. The number of carbonyl (C=O) groups is 1. The lowest BCUT2D eigenvalue weighted by atomic mass is 9.77. The summed E-state index contributed by atoms with van der Waals surface area (Å²) in [5.74, 6) is 0.0416. The lowest BCUT2D eigenvalue weighted by molar-refractivity contribution is -0.116. The predicted molar refractivity (Wildman–Crippen MR) is 127 cm³/mol. The molecule has 1 aliphatic heterocycles. The molecule has 0 radical (unpaired) electrons. The first-order chi connectivity index (χ1) is 15.6. The van der Waals surface area contributed by atoms with Crippen LogP contribution in [-0.4, -0.2) is 5.78 Å². The van der Waals surface area contributed by atoms with Gasteiger partial charge in [-0.15, -0.1) is 22.7 Å². The summed E-state index contributed by atoms with van der Waals surface area (Å²) in [7, 11) is 0. The van der Waals surface area contributed by atoms with Crippen LogP contribution >= 0.6 is 22.7 Å². The first-order valence-corrected chi connectivity index (χ1v) is 12.8. The molecule has 0 unspecified atom stereocenters. The molecule has 2 aliphatic carbocycles. The van der Waals surface area contributed by atoms with Crippen molar-refractivity contribution in [2.45, 2.75) is 64.2 Å². The van der Waals surface area contributed by atoms with Crippen molar-refractivity contribution in [2.75, 3.05) is 4.90 Å². The molecule has 0 bridgehead atoms. The molecule has 0 amide bonds. The summed E-state index contributed by atoms with van der Waals surface area (Å²) in [6, 6.07) is 6.80. The Labute approximate surface area is 196 Å². The Balaban J connectivity index is 1.76. The van der Waals surface area contributed by atoms with Gasteiger partial charge in [0, 0.05) is 27.4 Å². The molecule has 2 N–H and O–H groups in total. The summed E-state index contributed by atoms with van der Waals surface area (Å²) in [4.78, 5) is 17.4. The second-order valence-electron chi connectivity index (χ2n) is 8.64. The fourth-order valence-electron chi connectivity index (χ4n) is 5.26. The molecular weight excluding hydrogens is 436 g/mol. The fraction of sp³-hybridized carbons (Fsp3) is 0.400. The van der Waals surface area contributed by atoms with Gasteiger partial charge in [-0.25, -0.2) is 0 Å². The highest BCUT2D eigenvalue weighted by Crippen LogP contribution is 2.51. The number of ketones is 1. The van der Waals surface area contributed by atoms with Crippen LogP contribution in [0.15, 0.2) is 34.1 Å². The molecule has 7 heteroatoms. The summed E-state index contributed by atoms with van der Waals surface area (Å²) in [6.45, 7) is 2.01. The van der Waals surface area contributed by atoms with E-state index < -0.39 is 5.92 Å². The van der Waals surface area contributed by atoms with Crippen LogP contribution in [0.25, 0.3) is 0 Å². The summed E-state index contributed by atoms with van der Waals surface area (Å²) < 4.78 is 0. The summed E-state index contributed by atoms with van der Waals surface area (Å²) in [5, 5.41) is 23.1. The van der Waals surface area contributed by atoms with Crippen LogP contribution in [0.4, 0.5) is 5.00 Å². The SMILES string of the molecule is Cc1ccsc1[C@H]1C(C#N)=C(N)N(c2sc3c(c2C#N)CCCCC3)C2=C1C(=O)CCC2. The summed E-state index contributed by atoms with van der Waals surface area (Å²) in [6.07, 6.45) is 7.22. The molecular formula is C25H24N4OS2. The van der Waals surface area contributed by atoms with E-state index in [1.54, 1.807) is 22.7 Å².